The zero-order valence-electron chi connectivity index (χ0n) is 12.4. The smallest absolute Gasteiger partial charge is 0.404 e. The number of carbonyl (C=O) groups is 2. The summed E-state index contributed by atoms with van der Waals surface area (Å²) in [5.74, 6) is 0.203. The maximum Gasteiger partial charge on any atom is 0.404 e. The van der Waals surface area contributed by atoms with E-state index in [2.05, 4.69) is 10.6 Å². The summed E-state index contributed by atoms with van der Waals surface area (Å²) in [5, 5.41) is 13.7. The van der Waals surface area contributed by atoms with Gasteiger partial charge in [0.1, 0.15) is 0 Å². The van der Waals surface area contributed by atoms with Gasteiger partial charge in [-0.2, -0.15) is 0 Å². The number of carbonyl (C=O) groups excluding carboxylic acids is 1. The average Bonchev–Trinajstić information content (AvgIpc) is 2.42. The van der Waals surface area contributed by atoms with Crippen molar-refractivity contribution in [2.24, 2.45) is 11.7 Å². The van der Waals surface area contributed by atoms with Gasteiger partial charge in [-0.3, -0.25) is 4.79 Å². The Kier molecular flexibility index (Phi) is 6.68. The third kappa shape index (κ3) is 6.76. The molecular formula is C15H23N3O3. The first-order chi connectivity index (χ1) is 9.88. The van der Waals surface area contributed by atoms with Crippen molar-refractivity contribution in [2.45, 2.75) is 39.4 Å². The number of amides is 2. The first kappa shape index (κ1) is 17.0. The van der Waals surface area contributed by atoms with E-state index in [4.69, 9.17) is 10.8 Å². The number of nitrogens with one attached hydrogen (secondary N) is 2. The van der Waals surface area contributed by atoms with Gasteiger partial charge in [0.15, 0.2) is 0 Å². The Morgan fingerprint density at radius 1 is 1.19 bits per heavy atom. The molecule has 0 radical (unpaired) electrons. The standard InChI is InChI=1S/C15H23N3O3/c1-10(2)6-13(16)14(19)17-8-11-4-3-5-12(7-11)9-18-15(20)21/h3-5,7,10,13,18H,6,8-9,16H2,1-2H3,(H,17,19)(H,20,21)/t13-/m0/s1. The van der Waals surface area contributed by atoms with Crippen molar-refractivity contribution in [1.82, 2.24) is 10.6 Å². The van der Waals surface area contributed by atoms with E-state index in [9.17, 15) is 9.59 Å². The molecule has 0 aliphatic rings. The Hall–Kier alpha value is -2.08. The van der Waals surface area contributed by atoms with Crippen molar-refractivity contribution in [3.8, 4) is 0 Å². The fraction of sp³-hybridized carbons (Fsp3) is 0.467. The van der Waals surface area contributed by atoms with Gasteiger partial charge in [0.05, 0.1) is 6.04 Å². The molecule has 0 fully saturated rings. The number of hydrogen-bond acceptors (Lipinski definition) is 3. The zero-order valence-corrected chi connectivity index (χ0v) is 12.4. The second kappa shape index (κ2) is 8.26. The first-order valence-electron chi connectivity index (χ1n) is 6.96. The lowest BCUT2D eigenvalue weighted by molar-refractivity contribution is -0.122. The minimum atomic E-state index is -1.06. The highest BCUT2D eigenvalue weighted by Crippen LogP contribution is 2.06. The molecule has 0 heterocycles. The van der Waals surface area contributed by atoms with E-state index in [0.717, 1.165) is 11.1 Å². The van der Waals surface area contributed by atoms with Crippen LogP contribution in [0.3, 0.4) is 0 Å². The minimum Gasteiger partial charge on any atom is -0.465 e. The number of nitrogens with two attached hydrogens (primary N) is 1. The molecule has 1 rings (SSSR count). The summed E-state index contributed by atoms with van der Waals surface area (Å²) < 4.78 is 0. The number of benzene rings is 1. The molecule has 1 aromatic rings. The van der Waals surface area contributed by atoms with Crippen LogP contribution in [0.5, 0.6) is 0 Å². The molecule has 0 saturated heterocycles. The maximum atomic E-state index is 11.8. The van der Waals surface area contributed by atoms with Crippen LogP contribution in [0.25, 0.3) is 0 Å². The Morgan fingerprint density at radius 2 is 1.76 bits per heavy atom. The van der Waals surface area contributed by atoms with Crippen LogP contribution in [-0.4, -0.2) is 23.1 Å². The lowest BCUT2D eigenvalue weighted by Gasteiger charge is -2.14. The summed E-state index contributed by atoms with van der Waals surface area (Å²) in [7, 11) is 0. The monoisotopic (exact) mass is 293 g/mol. The molecule has 0 aromatic heterocycles. The average molecular weight is 293 g/mol. The molecule has 1 aromatic carbocycles. The lowest BCUT2D eigenvalue weighted by atomic mass is 10.0. The van der Waals surface area contributed by atoms with Gasteiger partial charge >= 0.3 is 6.09 Å². The molecular weight excluding hydrogens is 270 g/mol. The summed E-state index contributed by atoms with van der Waals surface area (Å²) in [5.41, 5.74) is 7.56. The fourth-order valence-electron chi connectivity index (χ4n) is 1.96. The Balaban J connectivity index is 2.49. The largest absolute Gasteiger partial charge is 0.465 e. The zero-order chi connectivity index (χ0) is 15.8. The van der Waals surface area contributed by atoms with E-state index in [0.29, 0.717) is 18.9 Å². The van der Waals surface area contributed by atoms with Crippen LogP contribution in [0, 0.1) is 5.92 Å². The van der Waals surface area contributed by atoms with Gasteiger partial charge < -0.3 is 21.5 Å². The molecule has 0 aliphatic carbocycles. The van der Waals surface area contributed by atoms with Crippen molar-refractivity contribution >= 4 is 12.0 Å². The second-order valence-corrected chi connectivity index (χ2v) is 5.43. The molecule has 2 amide bonds. The van der Waals surface area contributed by atoms with Crippen LogP contribution in [0.4, 0.5) is 4.79 Å². The van der Waals surface area contributed by atoms with Gasteiger partial charge in [0.25, 0.3) is 0 Å². The fourth-order valence-corrected chi connectivity index (χ4v) is 1.96. The second-order valence-electron chi connectivity index (χ2n) is 5.43. The third-order valence-electron chi connectivity index (χ3n) is 2.96. The molecule has 0 bridgehead atoms. The van der Waals surface area contributed by atoms with Crippen molar-refractivity contribution < 1.29 is 14.7 Å². The van der Waals surface area contributed by atoms with Gasteiger partial charge in [-0.15, -0.1) is 0 Å². The van der Waals surface area contributed by atoms with Gasteiger partial charge in [-0.1, -0.05) is 38.1 Å². The van der Waals surface area contributed by atoms with E-state index < -0.39 is 12.1 Å². The van der Waals surface area contributed by atoms with Crippen LogP contribution in [-0.2, 0) is 17.9 Å². The van der Waals surface area contributed by atoms with E-state index in [-0.39, 0.29) is 12.5 Å². The van der Waals surface area contributed by atoms with E-state index in [1.807, 2.05) is 38.1 Å². The van der Waals surface area contributed by atoms with Gasteiger partial charge in [0.2, 0.25) is 5.91 Å². The SMILES string of the molecule is CC(C)C[C@H](N)C(=O)NCc1cccc(CNC(=O)O)c1. The van der Waals surface area contributed by atoms with Crippen LogP contribution < -0.4 is 16.4 Å². The highest BCUT2D eigenvalue weighted by Gasteiger charge is 2.14. The molecule has 116 valence electrons. The molecule has 0 unspecified atom stereocenters. The van der Waals surface area contributed by atoms with Gasteiger partial charge in [0, 0.05) is 13.1 Å². The maximum absolute atomic E-state index is 11.8. The summed E-state index contributed by atoms with van der Waals surface area (Å²) in [4.78, 5) is 22.3. The quantitative estimate of drug-likeness (QED) is 0.610. The number of carboxylic acid groups (broad SMARTS) is 1. The molecule has 5 N–H and O–H groups in total. The van der Waals surface area contributed by atoms with Crippen molar-refractivity contribution in [3.05, 3.63) is 35.4 Å². The highest BCUT2D eigenvalue weighted by molar-refractivity contribution is 5.81. The molecule has 1 atom stereocenters. The molecule has 0 aliphatic heterocycles. The third-order valence-corrected chi connectivity index (χ3v) is 2.96. The molecule has 0 spiro atoms. The number of hydrogen-bond donors (Lipinski definition) is 4. The normalized spacial score (nSPS) is 12.0. The van der Waals surface area contributed by atoms with Gasteiger partial charge in [-0.25, -0.2) is 4.79 Å². The van der Waals surface area contributed by atoms with E-state index in [1.54, 1.807) is 0 Å². The topological polar surface area (TPSA) is 104 Å². The Labute approximate surface area is 124 Å². The summed E-state index contributed by atoms with van der Waals surface area (Å²) in [6.07, 6.45) is -0.414. The Bertz CT molecular complexity index is 489. The summed E-state index contributed by atoms with van der Waals surface area (Å²) in [6, 6.07) is 6.88. The van der Waals surface area contributed by atoms with E-state index >= 15 is 0 Å². The molecule has 6 nitrogen and oxygen atoms in total. The van der Waals surface area contributed by atoms with Crippen LogP contribution in [0.1, 0.15) is 31.4 Å². The van der Waals surface area contributed by atoms with Crippen molar-refractivity contribution in [1.29, 1.82) is 0 Å². The van der Waals surface area contributed by atoms with Gasteiger partial charge in [-0.05, 0) is 23.5 Å². The van der Waals surface area contributed by atoms with E-state index in [1.165, 1.54) is 0 Å². The predicted octanol–water partition coefficient (Wildman–Crippen LogP) is 1.44. The highest BCUT2D eigenvalue weighted by atomic mass is 16.4. The van der Waals surface area contributed by atoms with Crippen molar-refractivity contribution in [3.63, 3.8) is 0 Å². The lowest BCUT2D eigenvalue weighted by Crippen LogP contribution is -2.41. The Morgan fingerprint density at radius 3 is 2.29 bits per heavy atom. The number of rotatable bonds is 7. The van der Waals surface area contributed by atoms with Crippen LogP contribution >= 0.6 is 0 Å². The minimum absolute atomic E-state index is 0.169. The molecule has 0 saturated carbocycles. The molecule has 21 heavy (non-hydrogen) atoms. The van der Waals surface area contributed by atoms with Crippen LogP contribution in [0.2, 0.25) is 0 Å². The predicted molar refractivity (Wildman–Crippen MR) is 80.6 cm³/mol. The summed E-state index contributed by atoms with van der Waals surface area (Å²) in [6.45, 7) is 4.66. The molecule has 6 heteroatoms. The van der Waals surface area contributed by atoms with Crippen molar-refractivity contribution in [2.75, 3.05) is 0 Å². The first-order valence-corrected chi connectivity index (χ1v) is 6.96. The van der Waals surface area contributed by atoms with Crippen LogP contribution in [0.15, 0.2) is 24.3 Å². The summed E-state index contributed by atoms with van der Waals surface area (Å²) >= 11 is 0.